The Bertz CT molecular complexity index is 1120. The van der Waals surface area contributed by atoms with Gasteiger partial charge in [0, 0.05) is 6.42 Å². The van der Waals surface area contributed by atoms with Crippen LogP contribution >= 0.6 is 0 Å². The van der Waals surface area contributed by atoms with Gasteiger partial charge in [-0.1, -0.05) is 197 Å². The standard InChI is InChI=1S/C51H91NO8/c1-3-5-7-9-11-13-15-17-19-20-21-22-23-24-25-27-28-30-32-34-36-38-40-45(54)44(43-59-51-50(58)49(57)48(56)46(42-53)60-51)52-47(55)41-39-37-35-33-31-29-26-18-16-14-12-10-8-6-4-2/h6,8,12,14,18,26,31,33,38,40,44-46,48-51,53-54,56-58H,3-5,7,9-11,13,15-17,19-25,27-30,32,34-37,39,41-43H2,1-2H3,(H,52,55)/b8-6-,14-12-,26-18-,33-31-,40-38+. The zero-order valence-corrected chi connectivity index (χ0v) is 38.2. The summed E-state index contributed by atoms with van der Waals surface area (Å²) in [6, 6.07) is -0.828. The predicted molar refractivity (Wildman–Crippen MR) is 249 cm³/mol. The minimum atomic E-state index is -1.58. The summed E-state index contributed by atoms with van der Waals surface area (Å²) in [5.41, 5.74) is 0. The number of ether oxygens (including phenoxy) is 2. The molecule has 1 heterocycles. The van der Waals surface area contributed by atoms with E-state index in [1.54, 1.807) is 6.08 Å². The highest BCUT2D eigenvalue weighted by Gasteiger charge is 2.44. The summed E-state index contributed by atoms with van der Waals surface area (Å²) in [6.45, 7) is 3.63. The maximum absolute atomic E-state index is 12.9. The molecule has 348 valence electrons. The van der Waals surface area contributed by atoms with E-state index in [0.29, 0.717) is 12.8 Å². The molecule has 1 fully saturated rings. The van der Waals surface area contributed by atoms with Crippen molar-refractivity contribution < 1.29 is 39.8 Å². The molecule has 6 N–H and O–H groups in total. The fraction of sp³-hybridized carbons (Fsp3) is 0.784. The van der Waals surface area contributed by atoms with E-state index in [-0.39, 0.29) is 12.5 Å². The first kappa shape index (κ1) is 55.9. The van der Waals surface area contributed by atoms with Crippen molar-refractivity contribution in [1.82, 2.24) is 5.32 Å². The topological polar surface area (TPSA) is 149 Å². The van der Waals surface area contributed by atoms with Gasteiger partial charge in [-0.3, -0.25) is 4.79 Å². The summed E-state index contributed by atoms with van der Waals surface area (Å²) < 4.78 is 11.2. The van der Waals surface area contributed by atoms with E-state index in [9.17, 15) is 30.3 Å². The van der Waals surface area contributed by atoms with Crippen molar-refractivity contribution >= 4 is 5.91 Å². The molecule has 0 aromatic rings. The number of nitrogens with one attached hydrogen (secondary N) is 1. The van der Waals surface area contributed by atoms with Crippen LogP contribution in [0.4, 0.5) is 0 Å². The molecule has 60 heavy (non-hydrogen) atoms. The number of hydrogen-bond acceptors (Lipinski definition) is 8. The number of rotatable bonds is 40. The van der Waals surface area contributed by atoms with E-state index in [1.807, 2.05) is 6.08 Å². The minimum Gasteiger partial charge on any atom is -0.394 e. The molecule has 0 radical (unpaired) electrons. The number of amides is 1. The largest absolute Gasteiger partial charge is 0.394 e. The normalized spacial score (nSPS) is 21.1. The van der Waals surface area contributed by atoms with E-state index < -0.39 is 49.5 Å². The lowest BCUT2D eigenvalue weighted by Gasteiger charge is -2.40. The zero-order chi connectivity index (χ0) is 43.7. The van der Waals surface area contributed by atoms with E-state index in [0.717, 1.165) is 57.8 Å². The molecule has 9 heteroatoms. The molecule has 0 spiro atoms. The quantitative estimate of drug-likeness (QED) is 0.0264. The molecule has 1 saturated heterocycles. The molecule has 0 aliphatic carbocycles. The summed E-state index contributed by atoms with van der Waals surface area (Å²) in [7, 11) is 0. The van der Waals surface area contributed by atoms with Gasteiger partial charge in [-0.25, -0.2) is 0 Å². The van der Waals surface area contributed by atoms with Crippen LogP contribution in [0.1, 0.15) is 200 Å². The van der Waals surface area contributed by atoms with Gasteiger partial charge in [0.25, 0.3) is 0 Å². The van der Waals surface area contributed by atoms with Gasteiger partial charge in [0.1, 0.15) is 24.4 Å². The smallest absolute Gasteiger partial charge is 0.220 e. The highest BCUT2D eigenvalue weighted by Crippen LogP contribution is 2.23. The van der Waals surface area contributed by atoms with Crippen molar-refractivity contribution in [3.05, 3.63) is 60.8 Å². The first-order valence-electron chi connectivity index (χ1n) is 24.5. The van der Waals surface area contributed by atoms with Gasteiger partial charge >= 0.3 is 0 Å². The highest BCUT2D eigenvalue weighted by atomic mass is 16.7. The van der Waals surface area contributed by atoms with Crippen LogP contribution in [0, 0.1) is 0 Å². The number of aliphatic hydroxyl groups is 5. The Morgan fingerprint density at radius 1 is 0.583 bits per heavy atom. The van der Waals surface area contributed by atoms with E-state index in [1.165, 1.54) is 116 Å². The molecule has 1 amide bonds. The lowest BCUT2D eigenvalue weighted by molar-refractivity contribution is -0.302. The minimum absolute atomic E-state index is 0.207. The fourth-order valence-electron chi connectivity index (χ4n) is 7.44. The van der Waals surface area contributed by atoms with E-state index in [4.69, 9.17) is 9.47 Å². The van der Waals surface area contributed by atoms with Gasteiger partial charge in [-0.05, 0) is 57.8 Å². The highest BCUT2D eigenvalue weighted by molar-refractivity contribution is 5.76. The number of hydrogen-bond donors (Lipinski definition) is 6. The second-order valence-corrected chi connectivity index (χ2v) is 16.9. The number of allylic oxidation sites excluding steroid dienone is 9. The molecule has 9 nitrogen and oxygen atoms in total. The Labute approximate surface area is 366 Å². The Hall–Kier alpha value is -2.11. The lowest BCUT2D eigenvalue weighted by atomic mass is 9.99. The van der Waals surface area contributed by atoms with Crippen LogP contribution in [0.2, 0.25) is 0 Å². The second kappa shape index (κ2) is 40.9. The number of aliphatic hydroxyl groups excluding tert-OH is 5. The van der Waals surface area contributed by atoms with Crippen molar-refractivity contribution in [2.45, 2.75) is 243 Å². The maximum atomic E-state index is 12.9. The van der Waals surface area contributed by atoms with Gasteiger partial charge in [0.15, 0.2) is 6.29 Å². The van der Waals surface area contributed by atoms with Crippen LogP contribution in [0.3, 0.4) is 0 Å². The lowest BCUT2D eigenvalue weighted by Crippen LogP contribution is -2.60. The van der Waals surface area contributed by atoms with Crippen LogP contribution in [-0.4, -0.2) is 87.5 Å². The first-order valence-corrected chi connectivity index (χ1v) is 24.5. The first-order chi connectivity index (χ1) is 29.3. The van der Waals surface area contributed by atoms with Crippen LogP contribution in [-0.2, 0) is 14.3 Å². The third kappa shape index (κ3) is 30.8. The van der Waals surface area contributed by atoms with Crippen LogP contribution in [0.15, 0.2) is 60.8 Å². The van der Waals surface area contributed by atoms with Crippen molar-refractivity contribution in [3.8, 4) is 0 Å². The maximum Gasteiger partial charge on any atom is 0.220 e. The Morgan fingerprint density at radius 3 is 1.53 bits per heavy atom. The summed E-state index contributed by atoms with van der Waals surface area (Å²) in [4.78, 5) is 12.9. The van der Waals surface area contributed by atoms with Crippen molar-refractivity contribution in [2.75, 3.05) is 13.2 Å². The molecular formula is C51H91NO8. The average molecular weight is 846 g/mol. The summed E-state index contributed by atoms with van der Waals surface area (Å²) in [6.07, 6.45) is 47.0. The molecule has 1 rings (SSSR count). The van der Waals surface area contributed by atoms with Crippen LogP contribution < -0.4 is 5.32 Å². The van der Waals surface area contributed by atoms with Crippen LogP contribution in [0.5, 0.6) is 0 Å². The Balaban J connectivity index is 2.34. The third-order valence-corrected chi connectivity index (χ3v) is 11.3. The van der Waals surface area contributed by atoms with Crippen molar-refractivity contribution in [2.24, 2.45) is 0 Å². The molecule has 0 aromatic carbocycles. The fourth-order valence-corrected chi connectivity index (χ4v) is 7.44. The second-order valence-electron chi connectivity index (χ2n) is 16.9. The van der Waals surface area contributed by atoms with Crippen molar-refractivity contribution in [1.29, 1.82) is 0 Å². The molecule has 7 atom stereocenters. The number of unbranched alkanes of at least 4 members (excludes halogenated alkanes) is 22. The van der Waals surface area contributed by atoms with Gasteiger partial charge in [0.05, 0.1) is 25.4 Å². The average Bonchev–Trinajstić information content (AvgIpc) is 3.25. The molecule has 0 bridgehead atoms. The molecule has 1 aliphatic rings. The summed E-state index contributed by atoms with van der Waals surface area (Å²) in [5.74, 6) is -0.218. The molecule has 0 saturated carbocycles. The number of carbonyl (C=O) groups excluding carboxylic acids is 1. The van der Waals surface area contributed by atoms with Gasteiger partial charge < -0.3 is 40.3 Å². The zero-order valence-electron chi connectivity index (χ0n) is 38.2. The van der Waals surface area contributed by atoms with Gasteiger partial charge in [0.2, 0.25) is 5.91 Å². The molecular weight excluding hydrogens is 755 g/mol. The molecule has 7 unspecified atom stereocenters. The SMILES string of the molecule is CC/C=C\C/C=C\C/C=C\C/C=C\CCCCC(=O)NC(COC1OC(CO)C(O)C(O)C1O)C(O)/C=C/CCCCCCCCCCCCCCCCCCCCCC. The van der Waals surface area contributed by atoms with Gasteiger partial charge in [-0.15, -0.1) is 0 Å². The Morgan fingerprint density at radius 2 is 1.03 bits per heavy atom. The molecule has 1 aliphatic heterocycles. The van der Waals surface area contributed by atoms with E-state index in [2.05, 4.69) is 67.8 Å². The van der Waals surface area contributed by atoms with E-state index >= 15 is 0 Å². The monoisotopic (exact) mass is 846 g/mol. The van der Waals surface area contributed by atoms with Crippen molar-refractivity contribution in [3.63, 3.8) is 0 Å². The Kier molecular flexibility index (Phi) is 38.1. The predicted octanol–water partition coefficient (Wildman–Crippen LogP) is 10.8. The van der Waals surface area contributed by atoms with Gasteiger partial charge in [-0.2, -0.15) is 0 Å². The third-order valence-electron chi connectivity index (χ3n) is 11.3. The summed E-state index contributed by atoms with van der Waals surface area (Å²) in [5, 5.41) is 54.2. The number of carbonyl (C=O) groups is 1. The molecule has 0 aromatic heterocycles. The summed E-state index contributed by atoms with van der Waals surface area (Å²) >= 11 is 0. The van der Waals surface area contributed by atoms with Crippen LogP contribution in [0.25, 0.3) is 0 Å².